The van der Waals surface area contributed by atoms with Gasteiger partial charge >= 0.3 is 0 Å². The molecule has 0 bridgehead atoms. The van der Waals surface area contributed by atoms with E-state index < -0.39 is 0 Å². The number of nitrogens with two attached hydrogens (primary N) is 1. The van der Waals surface area contributed by atoms with Gasteiger partial charge in [0.2, 0.25) is 0 Å². The summed E-state index contributed by atoms with van der Waals surface area (Å²) in [5, 5.41) is 0.688. The van der Waals surface area contributed by atoms with Crippen molar-refractivity contribution in [3.8, 4) is 0 Å². The largest absolute Gasteiger partial charge is 0.399 e. The van der Waals surface area contributed by atoms with Gasteiger partial charge in [-0.3, -0.25) is 0 Å². The monoisotopic (exact) mass is 241 g/mol. The number of anilines is 1. The van der Waals surface area contributed by atoms with Crippen molar-refractivity contribution < 1.29 is 4.74 Å². The van der Waals surface area contributed by atoms with Crippen LogP contribution >= 0.6 is 11.6 Å². The Morgan fingerprint density at radius 1 is 1.25 bits per heavy atom. The zero-order valence-electron chi connectivity index (χ0n) is 9.84. The fourth-order valence-electron chi connectivity index (χ4n) is 1.49. The van der Waals surface area contributed by atoms with Crippen LogP contribution in [0.25, 0.3) is 0 Å². The summed E-state index contributed by atoms with van der Waals surface area (Å²) in [6.07, 6.45) is 4.90. The smallest absolute Gasteiger partial charge is 0.0731 e. The van der Waals surface area contributed by atoms with Crippen LogP contribution in [0.4, 0.5) is 5.69 Å². The van der Waals surface area contributed by atoms with Crippen LogP contribution in [0.15, 0.2) is 18.2 Å². The second-order valence-electron chi connectivity index (χ2n) is 3.96. The number of hydrogen-bond acceptors (Lipinski definition) is 2. The summed E-state index contributed by atoms with van der Waals surface area (Å²) in [7, 11) is 0. The van der Waals surface area contributed by atoms with E-state index in [-0.39, 0.29) is 0 Å². The fraction of sp³-hybridized carbons (Fsp3) is 0.538. The minimum Gasteiger partial charge on any atom is -0.399 e. The van der Waals surface area contributed by atoms with Crippen LogP contribution in [0.3, 0.4) is 0 Å². The van der Waals surface area contributed by atoms with E-state index in [2.05, 4.69) is 6.92 Å². The van der Waals surface area contributed by atoms with Gasteiger partial charge in [0.1, 0.15) is 0 Å². The fourth-order valence-corrected chi connectivity index (χ4v) is 1.74. The third kappa shape index (κ3) is 4.86. The number of nitrogen functional groups attached to an aromatic ring is 1. The van der Waals surface area contributed by atoms with Gasteiger partial charge in [-0.15, -0.1) is 0 Å². The van der Waals surface area contributed by atoms with Crippen LogP contribution in [-0.2, 0) is 11.3 Å². The summed E-state index contributed by atoms with van der Waals surface area (Å²) in [6.45, 7) is 3.58. The molecule has 1 aromatic rings. The highest BCUT2D eigenvalue weighted by Gasteiger charge is 2.00. The molecule has 0 atom stereocenters. The molecule has 16 heavy (non-hydrogen) atoms. The highest BCUT2D eigenvalue weighted by atomic mass is 35.5. The lowest BCUT2D eigenvalue weighted by Gasteiger charge is -2.06. The van der Waals surface area contributed by atoms with E-state index >= 15 is 0 Å². The van der Waals surface area contributed by atoms with Crippen molar-refractivity contribution in [2.75, 3.05) is 12.3 Å². The first-order valence-corrected chi connectivity index (χ1v) is 6.23. The van der Waals surface area contributed by atoms with Crippen LogP contribution in [0.1, 0.15) is 38.2 Å². The summed E-state index contributed by atoms with van der Waals surface area (Å²) < 4.78 is 5.56. The van der Waals surface area contributed by atoms with Crippen molar-refractivity contribution in [3.63, 3.8) is 0 Å². The van der Waals surface area contributed by atoms with Crippen LogP contribution in [0.5, 0.6) is 0 Å². The Morgan fingerprint density at radius 2 is 2.06 bits per heavy atom. The van der Waals surface area contributed by atoms with Crippen molar-refractivity contribution in [2.24, 2.45) is 0 Å². The van der Waals surface area contributed by atoms with Crippen molar-refractivity contribution in [1.82, 2.24) is 0 Å². The average Bonchev–Trinajstić information content (AvgIpc) is 2.26. The molecule has 0 aliphatic heterocycles. The molecule has 0 saturated heterocycles. The van der Waals surface area contributed by atoms with Gasteiger partial charge in [-0.25, -0.2) is 0 Å². The molecule has 3 heteroatoms. The third-order valence-electron chi connectivity index (χ3n) is 2.48. The molecular weight excluding hydrogens is 222 g/mol. The van der Waals surface area contributed by atoms with Crippen molar-refractivity contribution in [2.45, 2.75) is 39.2 Å². The zero-order chi connectivity index (χ0) is 11.8. The van der Waals surface area contributed by atoms with E-state index in [1.54, 1.807) is 6.07 Å². The lowest BCUT2D eigenvalue weighted by molar-refractivity contribution is 0.117. The SMILES string of the molecule is CCCCCCOCc1ccc(N)cc1Cl. The molecule has 0 saturated carbocycles. The Labute approximate surface area is 103 Å². The molecule has 0 aromatic heterocycles. The maximum atomic E-state index is 6.03. The second kappa shape index (κ2) is 7.53. The maximum Gasteiger partial charge on any atom is 0.0731 e. The zero-order valence-corrected chi connectivity index (χ0v) is 10.6. The topological polar surface area (TPSA) is 35.2 Å². The molecule has 1 aromatic carbocycles. The predicted molar refractivity (Wildman–Crippen MR) is 69.7 cm³/mol. The van der Waals surface area contributed by atoms with E-state index in [1.165, 1.54) is 19.3 Å². The number of rotatable bonds is 7. The van der Waals surface area contributed by atoms with Gasteiger partial charge in [0, 0.05) is 17.3 Å². The lowest BCUT2D eigenvalue weighted by Crippen LogP contribution is -1.97. The van der Waals surface area contributed by atoms with E-state index in [4.69, 9.17) is 22.1 Å². The second-order valence-corrected chi connectivity index (χ2v) is 4.37. The summed E-state index contributed by atoms with van der Waals surface area (Å²) in [5.74, 6) is 0. The lowest BCUT2D eigenvalue weighted by atomic mass is 10.2. The average molecular weight is 242 g/mol. The molecule has 2 N–H and O–H groups in total. The normalized spacial score (nSPS) is 10.6. The number of halogens is 1. The standard InChI is InChI=1S/C13H20ClNO/c1-2-3-4-5-8-16-10-11-6-7-12(15)9-13(11)14/h6-7,9H,2-5,8,10,15H2,1H3. The predicted octanol–water partition coefficient (Wildman–Crippen LogP) is 4.02. The van der Waals surface area contributed by atoms with Gasteiger partial charge in [-0.05, 0) is 24.1 Å². The molecule has 0 amide bonds. The minimum absolute atomic E-state index is 0.575. The number of benzene rings is 1. The Balaban J connectivity index is 2.21. The number of ether oxygens (including phenoxy) is 1. The first-order chi connectivity index (χ1) is 7.74. The van der Waals surface area contributed by atoms with Crippen LogP contribution in [0, 0.1) is 0 Å². The van der Waals surface area contributed by atoms with Gasteiger partial charge in [0.25, 0.3) is 0 Å². The molecule has 1 rings (SSSR count). The molecule has 0 unspecified atom stereocenters. The Kier molecular flexibility index (Phi) is 6.27. The van der Waals surface area contributed by atoms with Crippen LogP contribution in [-0.4, -0.2) is 6.61 Å². The highest BCUT2D eigenvalue weighted by molar-refractivity contribution is 6.31. The summed E-state index contributed by atoms with van der Waals surface area (Å²) in [6, 6.07) is 5.53. The minimum atomic E-state index is 0.575. The molecule has 0 radical (unpaired) electrons. The van der Waals surface area contributed by atoms with Gasteiger partial charge < -0.3 is 10.5 Å². The van der Waals surface area contributed by atoms with E-state index in [0.29, 0.717) is 17.3 Å². The molecule has 0 fully saturated rings. The van der Waals surface area contributed by atoms with Gasteiger partial charge in [0.05, 0.1) is 6.61 Å². The molecule has 2 nitrogen and oxygen atoms in total. The Hall–Kier alpha value is -0.730. The van der Waals surface area contributed by atoms with Crippen molar-refractivity contribution >= 4 is 17.3 Å². The van der Waals surface area contributed by atoms with Crippen LogP contribution < -0.4 is 5.73 Å². The van der Waals surface area contributed by atoms with E-state index in [0.717, 1.165) is 18.6 Å². The molecule has 0 spiro atoms. The van der Waals surface area contributed by atoms with Crippen LogP contribution in [0.2, 0.25) is 5.02 Å². The van der Waals surface area contributed by atoms with E-state index in [1.807, 2.05) is 12.1 Å². The summed E-state index contributed by atoms with van der Waals surface area (Å²) in [5.41, 5.74) is 7.31. The Bertz CT molecular complexity index is 315. The Morgan fingerprint density at radius 3 is 2.75 bits per heavy atom. The molecule has 0 aliphatic carbocycles. The van der Waals surface area contributed by atoms with E-state index in [9.17, 15) is 0 Å². The van der Waals surface area contributed by atoms with Gasteiger partial charge in [-0.2, -0.15) is 0 Å². The summed E-state index contributed by atoms with van der Waals surface area (Å²) in [4.78, 5) is 0. The maximum absolute atomic E-state index is 6.03. The van der Waals surface area contributed by atoms with Gasteiger partial charge in [0.15, 0.2) is 0 Å². The van der Waals surface area contributed by atoms with Crippen molar-refractivity contribution in [1.29, 1.82) is 0 Å². The highest BCUT2D eigenvalue weighted by Crippen LogP contribution is 2.19. The first-order valence-electron chi connectivity index (χ1n) is 5.85. The van der Waals surface area contributed by atoms with Crippen molar-refractivity contribution in [3.05, 3.63) is 28.8 Å². The third-order valence-corrected chi connectivity index (χ3v) is 2.83. The number of unbranched alkanes of at least 4 members (excludes halogenated alkanes) is 3. The van der Waals surface area contributed by atoms with Gasteiger partial charge in [-0.1, -0.05) is 43.9 Å². The number of hydrogen-bond donors (Lipinski definition) is 1. The molecule has 0 aliphatic rings. The molecule has 0 heterocycles. The molecular formula is C13H20ClNO. The first kappa shape index (κ1) is 13.3. The summed E-state index contributed by atoms with van der Waals surface area (Å²) >= 11 is 6.03. The quantitative estimate of drug-likeness (QED) is 0.578. The molecule has 90 valence electrons.